The van der Waals surface area contributed by atoms with Gasteiger partial charge in [0.25, 0.3) is 0 Å². The molecule has 0 aliphatic heterocycles. The third-order valence-electron chi connectivity index (χ3n) is 1.90. The summed E-state index contributed by atoms with van der Waals surface area (Å²) in [5.41, 5.74) is 0.235. The topological polar surface area (TPSA) is 78.9 Å². The second-order valence-corrected chi connectivity index (χ2v) is 3.36. The number of methoxy groups -OCH3 is 1. The molecule has 0 aliphatic carbocycles. The van der Waals surface area contributed by atoms with Gasteiger partial charge in [-0.2, -0.15) is 0 Å². The number of carbonyl (C=O) groups is 3. The van der Waals surface area contributed by atoms with Gasteiger partial charge < -0.3 is 14.2 Å². The van der Waals surface area contributed by atoms with Gasteiger partial charge in [0, 0.05) is 19.4 Å². The van der Waals surface area contributed by atoms with Crippen LogP contribution in [-0.4, -0.2) is 25.3 Å². The average molecular weight is 252 g/mol. The summed E-state index contributed by atoms with van der Waals surface area (Å²) in [7, 11) is 1.34. The summed E-state index contributed by atoms with van der Waals surface area (Å²) in [5.74, 6) is -1.15. The molecule has 0 heterocycles. The molecule has 0 atom stereocenters. The maximum atomic E-state index is 11.0. The lowest BCUT2D eigenvalue weighted by Crippen LogP contribution is -2.09. The number of benzene rings is 1. The predicted molar refractivity (Wildman–Crippen MR) is 61.0 cm³/mol. The van der Waals surface area contributed by atoms with Crippen molar-refractivity contribution >= 4 is 18.2 Å². The van der Waals surface area contributed by atoms with Gasteiger partial charge in [-0.15, -0.1) is 0 Å². The number of ether oxygens (including phenoxy) is 3. The highest BCUT2D eigenvalue weighted by molar-refractivity contribution is 5.81. The lowest BCUT2D eigenvalue weighted by Gasteiger charge is -2.13. The highest BCUT2D eigenvalue weighted by Crippen LogP contribution is 2.38. The summed E-state index contributed by atoms with van der Waals surface area (Å²) in [4.78, 5) is 32.7. The van der Waals surface area contributed by atoms with Crippen LogP contribution in [0, 0.1) is 0 Å². The van der Waals surface area contributed by atoms with Crippen molar-refractivity contribution in [2.75, 3.05) is 7.11 Å². The molecule has 0 aromatic heterocycles. The van der Waals surface area contributed by atoms with Crippen molar-refractivity contribution in [1.82, 2.24) is 0 Å². The van der Waals surface area contributed by atoms with Crippen molar-refractivity contribution in [3.8, 4) is 17.2 Å². The molecule has 1 aromatic rings. The molecule has 96 valence electrons. The fraction of sp³-hybridized carbons (Fsp3) is 0.250. The Morgan fingerprint density at radius 1 is 1.06 bits per heavy atom. The minimum absolute atomic E-state index is 0.0363. The highest BCUT2D eigenvalue weighted by Gasteiger charge is 2.17. The normalized spacial score (nSPS) is 9.50. The molecule has 0 bridgehead atoms. The Morgan fingerprint density at radius 2 is 1.61 bits per heavy atom. The first-order chi connectivity index (χ1) is 8.47. The number of rotatable bonds is 4. The molecule has 0 spiro atoms. The minimum atomic E-state index is -0.603. The van der Waals surface area contributed by atoms with Gasteiger partial charge in [0.05, 0.1) is 7.11 Å². The lowest BCUT2D eigenvalue weighted by atomic mass is 10.2. The van der Waals surface area contributed by atoms with Crippen LogP contribution in [0.25, 0.3) is 0 Å². The Balaban J connectivity index is 3.35. The average Bonchev–Trinajstić information content (AvgIpc) is 2.29. The van der Waals surface area contributed by atoms with Crippen LogP contribution < -0.4 is 14.2 Å². The van der Waals surface area contributed by atoms with E-state index in [9.17, 15) is 14.4 Å². The molecule has 0 fully saturated rings. The first-order valence-electron chi connectivity index (χ1n) is 5.02. The van der Waals surface area contributed by atoms with Crippen LogP contribution in [0.2, 0.25) is 0 Å². The van der Waals surface area contributed by atoms with Gasteiger partial charge in [-0.05, 0) is 12.1 Å². The molecule has 0 unspecified atom stereocenters. The van der Waals surface area contributed by atoms with E-state index in [0.29, 0.717) is 6.29 Å². The second kappa shape index (κ2) is 5.81. The zero-order valence-corrected chi connectivity index (χ0v) is 10.2. The van der Waals surface area contributed by atoms with Crippen LogP contribution in [0.15, 0.2) is 12.1 Å². The van der Waals surface area contributed by atoms with Crippen molar-refractivity contribution in [3.63, 3.8) is 0 Å². The van der Waals surface area contributed by atoms with Crippen LogP contribution in [-0.2, 0) is 9.59 Å². The van der Waals surface area contributed by atoms with E-state index in [0.717, 1.165) is 0 Å². The molecular weight excluding hydrogens is 240 g/mol. The molecular formula is C12H12O6. The van der Waals surface area contributed by atoms with E-state index in [1.165, 1.54) is 33.1 Å². The molecule has 1 rings (SSSR count). The third kappa shape index (κ3) is 3.31. The summed E-state index contributed by atoms with van der Waals surface area (Å²) in [6.45, 7) is 2.39. The van der Waals surface area contributed by atoms with Crippen molar-refractivity contribution in [3.05, 3.63) is 17.7 Å². The largest absolute Gasteiger partial charge is 0.493 e. The summed E-state index contributed by atoms with van der Waals surface area (Å²) in [5, 5.41) is 0. The van der Waals surface area contributed by atoms with Gasteiger partial charge >= 0.3 is 11.9 Å². The quantitative estimate of drug-likeness (QED) is 0.457. The van der Waals surface area contributed by atoms with E-state index in [2.05, 4.69) is 0 Å². The first kappa shape index (κ1) is 13.7. The van der Waals surface area contributed by atoms with Crippen molar-refractivity contribution in [2.24, 2.45) is 0 Å². The van der Waals surface area contributed by atoms with Crippen molar-refractivity contribution in [2.45, 2.75) is 13.8 Å². The second-order valence-electron chi connectivity index (χ2n) is 3.36. The van der Waals surface area contributed by atoms with E-state index in [1.807, 2.05) is 0 Å². The first-order valence-corrected chi connectivity index (χ1v) is 5.02. The summed E-state index contributed by atoms with van der Waals surface area (Å²) >= 11 is 0. The molecule has 6 heteroatoms. The molecule has 0 radical (unpaired) electrons. The van der Waals surface area contributed by atoms with E-state index >= 15 is 0 Å². The van der Waals surface area contributed by atoms with E-state index in [1.54, 1.807) is 0 Å². The smallest absolute Gasteiger partial charge is 0.308 e. The van der Waals surface area contributed by atoms with Gasteiger partial charge in [-0.1, -0.05) is 0 Å². The van der Waals surface area contributed by atoms with Crippen LogP contribution in [0.3, 0.4) is 0 Å². The SMILES string of the molecule is COc1cc(C=O)cc(OC(C)=O)c1OC(C)=O. The number of esters is 2. The zero-order chi connectivity index (χ0) is 13.7. The van der Waals surface area contributed by atoms with Crippen LogP contribution in [0.1, 0.15) is 24.2 Å². The predicted octanol–water partition coefficient (Wildman–Crippen LogP) is 1.36. The fourth-order valence-electron chi connectivity index (χ4n) is 1.29. The molecule has 18 heavy (non-hydrogen) atoms. The fourth-order valence-corrected chi connectivity index (χ4v) is 1.29. The summed E-state index contributed by atoms with van der Waals surface area (Å²) < 4.78 is 14.8. The molecule has 1 aromatic carbocycles. The Kier molecular flexibility index (Phi) is 4.42. The highest BCUT2D eigenvalue weighted by atomic mass is 16.6. The Bertz CT molecular complexity index is 492. The van der Waals surface area contributed by atoms with Crippen molar-refractivity contribution < 1.29 is 28.6 Å². The van der Waals surface area contributed by atoms with Gasteiger partial charge in [-0.25, -0.2) is 0 Å². The number of hydrogen-bond acceptors (Lipinski definition) is 6. The maximum absolute atomic E-state index is 11.0. The van der Waals surface area contributed by atoms with Gasteiger partial charge in [-0.3, -0.25) is 14.4 Å². The monoisotopic (exact) mass is 252 g/mol. The van der Waals surface area contributed by atoms with Gasteiger partial charge in [0.15, 0.2) is 11.5 Å². The zero-order valence-electron chi connectivity index (χ0n) is 10.2. The maximum Gasteiger partial charge on any atom is 0.308 e. The van der Waals surface area contributed by atoms with Gasteiger partial charge in [0.1, 0.15) is 6.29 Å². The standard InChI is InChI=1S/C12H12O6/c1-7(14)17-11-5-9(6-13)4-10(16-3)12(11)18-8(2)15/h4-6H,1-3H3. The summed E-state index contributed by atoms with van der Waals surface area (Å²) in [6.07, 6.45) is 0.563. The molecule has 0 N–H and O–H groups in total. The molecule has 0 amide bonds. The molecule has 0 saturated carbocycles. The third-order valence-corrected chi connectivity index (χ3v) is 1.90. The van der Waals surface area contributed by atoms with Crippen molar-refractivity contribution in [1.29, 1.82) is 0 Å². The van der Waals surface area contributed by atoms with E-state index in [4.69, 9.17) is 14.2 Å². The minimum Gasteiger partial charge on any atom is -0.493 e. The van der Waals surface area contributed by atoms with E-state index in [-0.39, 0.29) is 22.8 Å². The Labute approximate surface area is 103 Å². The van der Waals surface area contributed by atoms with E-state index < -0.39 is 11.9 Å². The molecule has 6 nitrogen and oxygen atoms in total. The Hall–Kier alpha value is -2.37. The molecule has 0 saturated heterocycles. The summed E-state index contributed by atoms with van der Waals surface area (Å²) in [6, 6.07) is 2.66. The number of aldehydes is 1. The lowest BCUT2D eigenvalue weighted by molar-refractivity contribution is -0.134. The molecule has 0 aliphatic rings. The number of hydrogen-bond donors (Lipinski definition) is 0. The van der Waals surface area contributed by atoms with Crippen LogP contribution in [0.5, 0.6) is 17.2 Å². The van der Waals surface area contributed by atoms with Gasteiger partial charge in [0.2, 0.25) is 5.75 Å². The van der Waals surface area contributed by atoms with Crippen LogP contribution in [0.4, 0.5) is 0 Å². The Morgan fingerprint density at radius 3 is 2.06 bits per heavy atom. The number of carbonyl (C=O) groups excluding carboxylic acids is 3. The van der Waals surface area contributed by atoms with Crippen LogP contribution >= 0.6 is 0 Å².